The number of carbonyl (C=O) groups excluding carboxylic acids is 2. The van der Waals surface area contributed by atoms with Gasteiger partial charge in [-0.25, -0.2) is 4.79 Å². The minimum absolute atomic E-state index is 0.000577. The van der Waals surface area contributed by atoms with Crippen LogP contribution < -0.4 is 4.74 Å². The van der Waals surface area contributed by atoms with Crippen LogP contribution in [0.2, 0.25) is 0 Å². The predicted molar refractivity (Wildman–Crippen MR) is 64.2 cm³/mol. The van der Waals surface area contributed by atoms with E-state index in [4.69, 9.17) is 9.84 Å². The maximum absolute atomic E-state index is 11.5. The number of carboxylic acid groups (broad SMARTS) is 1. The number of aromatic carboxylic acids is 1. The average Bonchev–Trinajstić information content (AvgIpc) is 2.71. The highest BCUT2D eigenvalue weighted by atomic mass is 16.5. The topological polar surface area (TPSA) is 80.7 Å². The first kappa shape index (κ1) is 11.6. The number of hydrogen-bond donors (Lipinski definition) is 1. The van der Waals surface area contributed by atoms with Gasteiger partial charge in [0.15, 0.2) is 0 Å². The molecule has 0 amide bonds. The number of fused-ring (bicyclic) bond motifs is 1. The summed E-state index contributed by atoms with van der Waals surface area (Å²) in [6.45, 7) is 0. The van der Waals surface area contributed by atoms with Crippen molar-refractivity contribution in [3.05, 3.63) is 41.5 Å². The van der Waals surface area contributed by atoms with E-state index < -0.39 is 23.1 Å². The smallest absolute Gasteiger partial charge is 0.335 e. The maximum Gasteiger partial charge on any atom is 0.335 e. The highest BCUT2D eigenvalue weighted by molar-refractivity contribution is 6.42. The number of ketones is 2. The van der Waals surface area contributed by atoms with Crippen LogP contribution in [-0.4, -0.2) is 28.2 Å². The summed E-state index contributed by atoms with van der Waals surface area (Å²) in [7, 11) is 0. The van der Waals surface area contributed by atoms with Gasteiger partial charge in [-0.3, -0.25) is 9.59 Å². The fourth-order valence-corrected chi connectivity index (χ4v) is 2.44. The molecule has 1 heterocycles. The van der Waals surface area contributed by atoms with Crippen molar-refractivity contribution in [2.75, 3.05) is 0 Å². The van der Waals surface area contributed by atoms with Crippen LogP contribution in [0.4, 0.5) is 0 Å². The molecule has 1 atom stereocenters. The monoisotopic (exact) mass is 258 g/mol. The minimum Gasteiger partial charge on any atom is -0.482 e. The molecule has 0 aromatic heterocycles. The van der Waals surface area contributed by atoms with Crippen molar-refractivity contribution < 1.29 is 24.2 Å². The zero-order chi connectivity index (χ0) is 13.6. The molecule has 0 saturated heterocycles. The lowest BCUT2D eigenvalue weighted by atomic mass is 9.86. The molecule has 96 valence electrons. The zero-order valence-corrected chi connectivity index (χ0v) is 9.88. The fourth-order valence-electron chi connectivity index (χ4n) is 2.44. The quantitative estimate of drug-likeness (QED) is 0.764. The standard InChI is InChI=1S/C14H10O5/c15-10-3-4-14(7-11(10)16)6-9-2-1-8(13(17)18)5-12(9)19-14/h1-5H,6-7H2,(H,17,18). The molecule has 3 rings (SSSR count). The summed E-state index contributed by atoms with van der Waals surface area (Å²) < 4.78 is 5.72. The molecule has 1 aromatic carbocycles. The van der Waals surface area contributed by atoms with Gasteiger partial charge in [0.25, 0.3) is 0 Å². The fraction of sp³-hybridized carbons (Fsp3) is 0.214. The van der Waals surface area contributed by atoms with Crippen LogP contribution in [0.5, 0.6) is 5.75 Å². The second-order valence-electron chi connectivity index (χ2n) is 4.77. The molecule has 0 radical (unpaired) electrons. The van der Waals surface area contributed by atoms with Gasteiger partial charge in [0.2, 0.25) is 11.6 Å². The Morgan fingerprint density at radius 2 is 2.05 bits per heavy atom. The molecule has 5 heteroatoms. The molecule has 2 aliphatic rings. The normalized spacial score (nSPS) is 24.4. The van der Waals surface area contributed by atoms with E-state index in [0.717, 1.165) is 5.56 Å². The molecule has 1 aromatic rings. The third kappa shape index (κ3) is 1.83. The third-order valence-corrected chi connectivity index (χ3v) is 3.39. The Morgan fingerprint density at radius 3 is 2.74 bits per heavy atom. The van der Waals surface area contributed by atoms with E-state index in [1.165, 1.54) is 18.2 Å². The van der Waals surface area contributed by atoms with Gasteiger partial charge >= 0.3 is 5.97 Å². The lowest BCUT2D eigenvalue weighted by molar-refractivity contribution is -0.136. The van der Waals surface area contributed by atoms with Crippen LogP contribution in [0.15, 0.2) is 30.4 Å². The molecule has 5 nitrogen and oxygen atoms in total. The van der Waals surface area contributed by atoms with Crippen molar-refractivity contribution in [1.29, 1.82) is 0 Å². The van der Waals surface area contributed by atoms with E-state index in [0.29, 0.717) is 12.2 Å². The highest BCUT2D eigenvalue weighted by Gasteiger charge is 2.42. The van der Waals surface area contributed by atoms with Crippen LogP contribution >= 0.6 is 0 Å². The van der Waals surface area contributed by atoms with E-state index in [1.54, 1.807) is 12.1 Å². The Hall–Kier alpha value is -2.43. The van der Waals surface area contributed by atoms with Crippen LogP contribution in [0.3, 0.4) is 0 Å². The summed E-state index contributed by atoms with van der Waals surface area (Å²) in [5, 5.41) is 8.93. The van der Waals surface area contributed by atoms with Crippen LogP contribution in [0.1, 0.15) is 22.3 Å². The van der Waals surface area contributed by atoms with Crippen molar-refractivity contribution in [1.82, 2.24) is 0 Å². The Labute approximate surface area is 108 Å². The van der Waals surface area contributed by atoms with E-state index >= 15 is 0 Å². The zero-order valence-electron chi connectivity index (χ0n) is 9.88. The number of benzene rings is 1. The number of allylic oxidation sites excluding steroid dienone is 1. The summed E-state index contributed by atoms with van der Waals surface area (Å²) in [5.74, 6) is -1.56. The molecular formula is C14H10O5. The van der Waals surface area contributed by atoms with E-state index in [-0.39, 0.29) is 12.0 Å². The van der Waals surface area contributed by atoms with Gasteiger partial charge in [-0.1, -0.05) is 6.07 Å². The lowest BCUT2D eigenvalue weighted by Crippen LogP contribution is -2.39. The van der Waals surface area contributed by atoms with E-state index in [2.05, 4.69) is 0 Å². The highest BCUT2D eigenvalue weighted by Crippen LogP contribution is 2.39. The molecule has 1 unspecified atom stereocenters. The van der Waals surface area contributed by atoms with Gasteiger partial charge in [0, 0.05) is 6.42 Å². The van der Waals surface area contributed by atoms with Crippen LogP contribution in [-0.2, 0) is 16.0 Å². The largest absolute Gasteiger partial charge is 0.482 e. The van der Waals surface area contributed by atoms with Gasteiger partial charge in [-0.15, -0.1) is 0 Å². The molecule has 1 spiro atoms. The summed E-state index contributed by atoms with van der Waals surface area (Å²) in [4.78, 5) is 33.6. The van der Waals surface area contributed by atoms with Gasteiger partial charge in [0.1, 0.15) is 11.4 Å². The number of hydrogen-bond acceptors (Lipinski definition) is 4. The number of Topliss-reactive ketones (excluding diaryl/α,β-unsaturated/α-hetero) is 1. The molecule has 0 fully saturated rings. The predicted octanol–water partition coefficient (Wildman–Crippen LogP) is 1.16. The first-order valence-electron chi connectivity index (χ1n) is 5.81. The summed E-state index contributed by atoms with van der Waals surface area (Å²) in [6.07, 6.45) is 3.30. The van der Waals surface area contributed by atoms with Crippen molar-refractivity contribution in [2.24, 2.45) is 0 Å². The molecule has 1 aliphatic carbocycles. The number of rotatable bonds is 1. The third-order valence-electron chi connectivity index (χ3n) is 3.39. The SMILES string of the molecule is O=C1C=CC2(CC1=O)Cc1ccc(C(=O)O)cc1O2. The average molecular weight is 258 g/mol. The van der Waals surface area contributed by atoms with E-state index in [9.17, 15) is 14.4 Å². The minimum atomic E-state index is -1.03. The Kier molecular flexibility index (Phi) is 2.32. The van der Waals surface area contributed by atoms with Crippen molar-refractivity contribution >= 4 is 17.5 Å². The summed E-state index contributed by atoms with van der Waals surface area (Å²) in [6, 6.07) is 4.63. The molecule has 0 bridgehead atoms. The Morgan fingerprint density at radius 1 is 1.26 bits per heavy atom. The first-order valence-corrected chi connectivity index (χ1v) is 5.81. The number of carboxylic acids is 1. The Bertz CT molecular complexity index is 643. The first-order chi connectivity index (χ1) is 8.99. The number of ether oxygens (including phenoxy) is 1. The van der Waals surface area contributed by atoms with Crippen LogP contribution in [0, 0.1) is 0 Å². The van der Waals surface area contributed by atoms with E-state index in [1.807, 2.05) is 0 Å². The number of carbonyl (C=O) groups is 3. The molecule has 1 aliphatic heterocycles. The van der Waals surface area contributed by atoms with Gasteiger partial charge in [0.05, 0.1) is 12.0 Å². The molecule has 19 heavy (non-hydrogen) atoms. The lowest BCUT2D eigenvalue weighted by Gasteiger charge is -2.26. The summed E-state index contributed by atoms with van der Waals surface area (Å²) >= 11 is 0. The maximum atomic E-state index is 11.5. The molecule has 1 N–H and O–H groups in total. The summed E-state index contributed by atoms with van der Waals surface area (Å²) in [5.41, 5.74) is 0.152. The van der Waals surface area contributed by atoms with Crippen molar-refractivity contribution in [3.8, 4) is 5.75 Å². The second kappa shape index (κ2) is 3.78. The van der Waals surface area contributed by atoms with Gasteiger partial charge in [-0.05, 0) is 29.8 Å². The van der Waals surface area contributed by atoms with Gasteiger partial charge in [-0.2, -0.15) is 0 Å². The van der Waals surface area contributed by atoms with Gasteiger partial charge < -0.3 is 9.84 Å². The second-order valence-corrected chi connectivity index (χ2v) is 4.77. The Balaban J connectivity index is 1.96. The van der Waals surface area contributed by atoms with Crippen molar-refractivity contribution in [3.63, 3.8) is 0 Å². The molecule has 0 saturated carbocycles. The van der Waals surface area contributed by atoms with Crippen LogP contribution in [0.25, 0.3) is 0 Å². The van der Waals surface area contributed by atoms with Crippen molar-refractivity contribution in [2.45, 2.75) is 18.4 Å². The molecular weight excluding hydrogens is 248 g/mol.